The Balaban J connectivity index is 0.00000242. The van der Waals surface area contributed by atoms with Crippen molar-refractivity contribution in [2.24, 2.45) is 16.8 Å². The summed E-state index contributed by atoms with van der Waals surface area (Å²) in [6.07, 6.45) is 3.94. The third-order valence-corrected chi connectivity index (χ3v) is 4.35. The smallest absolute Gasteiger partial charge is 0.193 e. The number of hydrogen-bond acceptors (Lipinski definition) is 2. The Bertz CT molecular complexity index is 359. The first-order valence-electron chi connectivity index (χ1n) is 8.60. The van der Waals surface area contributed by atoms with Crippen LogP contribution in [0, 0.1) is 11.8 Å². The molecule has 4 nitrogen and oxygen atoms in total. The highest BCUT2D eigenvalue weighted by Gasteiger charge is 2.32. The number of piperidine rings is 1. The number of likely N-dealkylation sites (tertiary alicyclic amines) is 1. The number of guanidine groups is 1. The van der Waals surface area contributed by atoms with E-state index in [9.17, 15) is 0 Å². The van der Waals surface area contributed by atoms with Gasteiger partial charge in [0.25, 0.3) is 0 Å². The van der Waals surface area contributed by atoms with Crippen LogP contribution in [0.15, 0.2) is 4.99 Å². The first kappa shape index (κ1) is 20.0. The van der Waals surface area contributed by atoms with Crippen molar-refractivity contribution in [1.29, 1.82) is 0 Å². The Morgan fingerprint density at radius 3 is 2.32 bits per heavy atom. The van der Waals surface area contributed by atoms with Crippen molar-refractivity contribution in [3.05, 3.63) is 0 Å². The van der Waals surface area contributed by atoms with Gasteiger partial charge in [0.2, 0.25) is 0 Å². The Morgan fingerprint density at radius 1 is 1.27 bits per heavy atom. The second-order valence-electron chi connectivity index (χ2n) is 7.58. The molecule has 1 aliphatic heterocycles. The normalized spacial score (nSPS) is 26.6. The summed E-state index contributed by atoms with van der Waals surface area (Å²) in [5, 5.41) is 3.45. The third kappa shape index (κ3) is 6.60. The van der Waals surface area contributed by atoms with Gasteiger partial charge in [-0.2, -0.15) is 0 Å². The maximum Gasteiger partial charge on any atom is 0.193 e. The summed E-state index contributed by atoms with van der Waals surface area (Å²) < 4.78 is 6.10. The number of rotatable bonds is 4. The molecule has 2 aliphatic rings. The minimum atomic E-state index is -0.0342. The van der Waals surface area contributed by atoms with Gasteiger partial charge < -0.3 is 15.0 Å². The van der Waals surface area contributed by atoms with Crippen LogP contribution in [0.1, 0.15) is 53.9 Å². The first-order valence-corrected chi connectivity index (χ1v) is 8.60. The zero-order valence-electron chi connectivity index (χ0n) is 14.9. The Morgan fingerprint density at radius 2 is 1.86 bits per heavy atom. The van der Waals surface area contributed by atoms with E-state index in [1.807, 2.05) is 0 Å². The molecule has 1 saturated carbocycles. The zero-order chi connectivity index (χ0) is 15.5. The summed E-state index contributed by atoms with van der Waals surface area (Å²) in [5.41, 5.74) is -0.0342. The molecule has 22 heavy (non-hydrogen) atoms. The SMILES string of the molecule is CCNC(=NCC1CC1C)N1CCC(OC(C)(C)C)CC1.I. The summed E-state index contributed by atoms with van der Waals surface area (Å²) in [5.74, 6) is 2.80. The summed E-state index contributed by atoms with van der Waals surface area (Å²) in [7, 11) is 0. The maximum atomic E-state index is 6.10. The lowest BCUT2D eigenvalue weighted by atomic mass is 10.1. The van der Waals surface area contributed by atoms with Crippen molar-refractivity contribution >= 4 is 29.9 Å². The molecule has 0 bridgehead atoms. The molecule has 2 rings (SSSR count). The number of nitrogens with one attached hydrogen (secondary N) is 1. The lowest BCUT2D eigenvalue weighted by Gasteiger charge is -2.37. The van der Waals surface area contributed by atoms with Crippen molar-refractivity contribution in [3.8, 4) is 0 Å². The molecular formula is C17H34IN3O. The fourth-order valence-electron chi connectivity index (χ4n) is 2.97. The van der Waals surface area contributed by atoms with E-state index in [1.54, 1.807) is 0 Å². The lowest BCUT2D eigenvalue weighted by Crippen LogP contribution is -2.48. The van der Waals surface area contributed by atoms with E-state index < -0.39 is 0 Å². The van der Waals surface area contributed by atoms with Crippen molar-refractivity contribution in [2.45, 2.75) is 65.6 Å². The molecule has 0 aromatic rings. The van der Waals surface area contributed by atoms with E-state index in [2.05, 4.69) is 44.8 Å². The summed E-state index contributed by atoms with van der Waals surface area (Å²) >= 11 is 0. The molecule has 0 amide bonds. The van der Waals surface area contributed by atoms with Gasteiger partial charge in [0.05, 0.1) is 11.7 Å². The van der Waals surface area contributed by atoms with E-state index in [4.69, 9.17) is 9.73 Å². The molecule has 2 atom stereocenters. The largest absolute Gasteiger partial charge is 0.372 e. The standard InChI is InChI=1S/C17H33N3O.HI/c1-6-18-16(19-12-14-11-13(14)2)20-9-7-15(8-10-20)21-17(3,4)5;/h13-15H,6-12H2,1-5H3,(H,18,19);1H. The molecule has 5 heteroatoms. The van der Waals surface area contributed by atoms with Crippen LogP contribution in [0.25, 0.3) is 0 Å². The van der Waals surface area contributed by atoms with E-state index in [0.717, 1.165) is 56.8 Å². The van der Waals surface area contributed by atoms with Crippen LogP contribution in [0.2, 0.25) is 0 Å². The van der Waals surface area contributed by atoms with Crippen LogP contribution in [-0.2, 0) is 4.74 Å². The van der Waals surface area contributed by atoms with Gasteiger partial charge in [-0.25, -0.2) is 0 Å². The van der Waals surface area contributed by atoms with Gasteiger partial charge in [-0.05, 0) is 58.8 Å². The molecule has 0 spiro atoms. The number of nitrogens with zero attached hydrogens (tertiary/aromatic N) is 2. The lowest BCUT2D eigenvalue weighted by molar-refractivity contribution is -0.0772. The van der Waals surface area contributed by atoms with Crippen molar-refractivity contribution in [2.75, 3.05) is 26.2 Å². The highest BCUT2D eigenvalue weighted by molar-refractivity contribution is 14.0. The molecule has 1 aliphatic carbocycles. The van der Waals surface area contributed by atoms with Crippen molar-refractivity contribution < 1.29 is 4.74 Å². The minimum Gasteiger partial charge on any atom is -0.372 e. The minimum absolute atomic E-state index is 0. The molecular weight excluding hydrogens is 389 g/mol. The van der Waals surface area contributed by atoms with Gasteiger partial charge in [0.15, 0.2) is 5.96 Å². The average molecular weight is 423 g/mol. The second-order valence-corrected chi connectivity index (χ2v) is 7.58. The van der Waals surface area contributed by atoms with Crippen LogP contribution in [-0.4, -0.2) is 48.7 Å². The molecule has 2 unspecified atom stereocenters. The summed E-state index contributed by atoms with van der Waals surface area (Å²) in [6.45, 7) is 14.9. The van der Waals surface area contributed by atoms with Gasteiger partial charge in [0, 0.05) is 26.2 Å². The van der Waals surface area contributed by atoms with Gasteiger partial charge in [0.1, 0.15) is 0 Å². The Kier molecular flexibility index (Phi) is 7.92. The first-order chi connectivity index (χ1) is 9.89. The third-order valence-electron chi connectivity index (χ3n) is 4.35. The Hall–Kier alpha value is -0.0400. The Labute approximate surface area is 153 Å². The monoisotopic (exact) mass is 423 g/mol. The number of halogens is 1. The van der Waals surface area contributed by atoms with E-state index in [1.165, 1.54) is 6.42 Å². The fourth-order valence-corrected chi connectivity index (χ4v) is 2.97. The highest BCUT2D eigenvalue weighted by atomic mass is 127. The van der Waals surface area contributed by atoms with Crippen LogP contribution >= 0.6 is 24.0 Å². The maximum absolute atomic E-state index is 6.10. The molecule has 1 N–H and O–H groups in total. The molecule has 1 heterocycles. The number of ether oxygens (including phenoxy) is 1. The van der Waals surface area contributed by atoms with Gasteiger partial charge in [-0.1, -0.05) is 6.92 Å². The van der Waals surface area contributed by atoms with E-state index in [0.29, 0.717) is 6.10 Å². The molecule has 0 aromatic heterocycles. The van der Waals surface area contributed by atoms with Gasteiger partial charge in [-0.3, -0.25) is 4.99 Å². The number of aliphatic imine (C=N–C) groups is 1. The van der Waals surface area contributed by atoms with Crippen LogP contribution in [0.3, 0.4) is 0 Å². The van der Waals surface area contributed by atoms with Gasteiger partial charge >= 0.3 is 0 Å². The summed E-state index contributed by atoms with van der Waals surface area (Å²) in [6, 6.07) is 0. The average Bonchev–Trinajstić information content (AvgIpc) is 3.10. The van der Waals surface area contributed by atoms with Crippen molar-refractivity contribution in [1.82, 2.24) is 10.2 Å². The van der Waals surface area contributed by atoms with Gasteiger partial charge in [-0.15, -0.1) is 24.0 Å². The van der Waals surface area contributed by atoms with Crippen LogP contribution < -0.4 is 5.32 Å². The number of hydrogen-bond donors (Lipinski definition) is 1. The predicted octanol–water partition coefficient (Wildman–Crippen LogP) is 3.51. The van der Waals surface area contributed by atoms with E-state index >= 15 is 0 Å². The van der Waals surface area contributed by atoms with Crippen LogP contribution in [0.5, 0.6) is 0 Å². The topological polar surface area (TPSA) is 36.9 Å². The fraction of sp³-hybridized carbons (Fsp3) is 0.941. The molecule has 130 valence electrons. The van der Waals surface area contributed by atoms with Crippen molar-refractivity contribution in [3.63, 3.8) is 0 Å². The predicted molar refractivity (Wildman–Crippen MR) is 104 cm³/mol. The molecule has 2 fully saturated rings. The molecule has 0 radical (unpaired) electrons. The van der Waals surface area contributed by atoms with E-state index in [-0.39, 0.29) is 29.6 Å². The summed E-state index contributed by atoms with van der Waals surface area (Å²) in [4.78, 5) is 7.24. The highest BCUT2D eigenvalue weighted by Crippen LogP contribution is 2.37. The molecule has 0 aromatic carbocycles. The molecule has 1 saturated heterocycles. The second kappa shape index (κ2) is 8.71. The zero-order valence-corrected chi connectivity index (χ0v) is 17.2. The van der Waals surface area contributed by atoms with Crippen LogP contribution in [0.4, 0.5) is 0 Å². The quantitative estimate of drug-likeness (QED) is 0.427.